The van der Waals surface area contributed by atoms with E-state index in [1.54, 1.807) is 36.8 Å². The Balaban J connectivity index is 2.24. The van der Waals surface area contributed by atoms with Crippen molar-refractivity contribution < 1.29 is 9.63 Å². The molecule has 10 heteroatoms. The average molecular weight is 420 g/mol. The van der Waals surface area contributed by atoms with Crippen molar-refractivity contribution in [3.05, 3.63) is 38.7 Å². The summed E-state index contributed by atoms with van der Waals surface area (Å²) < 4.78 is 2.48. The number of nitrogens with one attached hydrogen (secondary N) is 1. The first-order valence-corrected chi connectivity index (χ1v) is 9.71. The van der Waals surface area contributed by atoms with Crippen LogP contribution < -0.4 is 11.0 Å². The number of fused-ring (bicyclic) bond motifs is 1. The highest BCUT2D eigenvalue weighted by atomic mass is 35.5. The maximum atomic E-state index is 13.1. The number of aryl methyl sites for hydroxylation is 1. The number of halogens is 1. The molecule has 0 aliphatic carbocycles. The van der Waals surface area contributed by atoms with E-state index in [-0.39, 0.29) is 16.6 Å². The summed E-state index contributed by atoms with van der Waals surface area (Å²) in [6, 6.07) is 3.08. The number of nitrogens with zero attached hydrogens (tertiary/aromatic N) is 4. The average Bonchev–Trinajstić information content (AvgIpc) is 3.19. The quantitative estimate of drug-likeness (QED) is 0.651. The van der Waals surface area contributed by atoms with E-state index in [1.807, 2.05) is 6.92 Å². The molecule has 0 aliphatic rings. The highest BCUT2D eigenvalue weighted by molar-refractivity contribution is 7.14. The number of hydrogen-bond acceptors (Lipinski definition) is 6. The molecule has 3 rings (SSSR count). The summed E-state index contributed by atoms with van der Waals surface area (Å²) in [6.45, 7) is 7.51. The van der Waals surface area contributed by atoms with Crippen molar-refractivity contribution in [1.29, 1.82) is 5.26 Å². The van der Waals surface area contributed by atoms with Gasteiger partial charge in [-0.05, 0) is 39.1 Å². The van der Waals surface area contributed by atoms with Gasteiger partial charge in [-0.2, -0.15) is 5.26 Å². The molecule has 0 saturated carbocycles. The Morgan fingerprint density at radius 2 is 2.18 bits per heavy atom. The molecule has 0 aliphatic heterocycles. The fourth-order valence-electron chi connectivity index (χ4n) is 2.74. The molecule has 0 aromatic carbocycles. The van der Waals surface area contributed by atoms with E-state index in [0.717, 1.165) is 10.9 Å². The highest BCUT2D eigenvalue weighted by Gasteiger charge is 2.25. The molecule has 3 aromatic heterocycles. The van der Waals surface area contributed by atoms with Gasteiger partial charge in [-0.15, -0.1) is 11.3 Å². The molecule has 1 N–H and O–H groups in total. The Kier molecular flexibility index (Phi) is 5.30. The number of aromatic nitrogens is 3. The molecule has 146 valence electrons. The largest absolute Gasteiger partial charge is 0.353 e. The Bertz CT molecular complexity index is 1160. The maximum Gasteiger partial charge on any atom is 0.353 e. The first kappa shape index (κ1) is 20.1. The minimum absolute atomic E-state index is 0.159. The molecule has 0 saturated heterocycles. The van der Waals surface area contributed by atoms with Crippen LogP contribution in [0.25, 0.3) is 21.6 Å². The van der Waals surface area contributed by atoms with Crippen LogP contribution in [0.4, 0.5) is 4.79 Å². The van der Waals surface area contributed by atoms with Gasteiger partial charge in [0.2, 0.25) is 0 Å². The van der Waals surface area contributed by atoms with Crippen molar-refractivity contribution in [3.8, 4) is 16.6 Å². The van der Waals surface area contributed by atoms with Gasteiger partial charge >= 0.3 is 6.03 Å². The van der Waals surface area contributed by atoms with Crippen molar-refractivity contribution in [1.82, 2.24) is 19.6 Å². The van der Waals surface area contributed by atoms with Gasteiger partial charge in [0.25, 0.3) is 5.56 Å². The van der Waals surface area contributed by atoms with E-state index in [4.69, 9.17) is 16.4 Å². The zero-order valence-corrected chi connectivity index (χ0v) is 17.3. The molecular formula is C18H18ClN5O3S. The third-order valence-electron chi connectivity index (χ3n) is 3.89. The van der Waals surface area contributed by atoms with Crippen LogP contribution in [0.15, 0.2) is 22.6 Å². The van der Waals surface area contributed by atoms with E-state index in [0.29, 0.717) is 22.1 Å². The van der Waals surface area contributed by atoms with Crippen molar-refractivity contribution in [3.63, 3.8) is 0 Å². The lowest BCUT2D eigenvalue weighted by Crippen LogP contribution is -2.40. The van der Waals surface area contributed by atoms with Gasteiger partial charge in [-0.1, -0.05) is 11.6 Å². The Labute approximate surface area is 169 Å². The fraction of sp³-hybridized carbons (Fsp3) is 0.333. The molecular weight excluding hydrogens is 402 g/mol. The lowest BCUT2D eigenvalue weighted by atomic mass is 10.2. The lowest BCUT2D eigenvalue weighted by molar-refractivity contribution is -0.0527. The Hall–Kier alpha value is -2.67. The fourth-order valence-corrected chi connectivity index (χ4v) is 3.95. The molecule has 0 bridgehead atoms. The standard InChI is InChI=1S/C18H18ClN5O3S/c1-5-23-13(15-11(19)6-7-28-15)10(8-20)12-14(23)16(25)24(9-21-12)17(26)22-27-18(2,3)4/h6-7,9H,5H2,1-4H3,(H,22,26). The summed E-state index contributed by atoms with van der Waals surface area (Å²) in [4.78, 5) is 35.6. The molecule has 3 aromatic rings. The predicted molar refractivity (Wildman–Crippen MR) is 107 cm³/mol. The molecule has 1 amide bonds. The summed E-state index contributed by atoms with van der Waals surface area (Å²) in [5.74, 6) is 0. The lowest BCUT2D eigenvalue weighted by Gasteiger charge is -2.19. The Morgan fingerprint density at radius 3 is 2.71 bits per heavy atom. The van der Waals surface area contributed by atoms with Crippen LogP contribution >= 0.6 is 22.9 Å². The number of carbonyl (C=O) groups is 1. The number of thiophene rings is 1. The smallest absolute Gasteiger partial charge is 0.333 e. The van der Waals surface area contributed by atoms with Crippen LogP contribution in [0.1, 0.15) is 33.3 Å². The molecule has 0 spiro atoms. The van der Waals surface area contributed by atoms with Crippen molar-refractivity contribution >= 4 is 40.0 Å². The molecule has 0 atom stereocenters. The SMILES string of the molecule is CCn1c(-c2sccc2Cl)c(C#N)c2ncn(C(=O)NOC(C)(C)C)c(=O)c21. The topological polar surface area (TPSA) is 102 Å². The van der Waals surface area contributed by atoms with E-state index in [2.05, 4.69) is 16.5 Å². The zero-order valence-electron chi connectivity index (χ0n) is 15.7. The molecule has 3 heterocycles. The molecule has 0 radical (unpaired) electrons. The second-order valence-corrected chi connectivity index (χ2v) is 8.24. The normalized spacial score (nSPS) is 11.6. The second kappa shape index (κ2) is 7.39. The van der Waals surface area contributed by atoms with Crippen LogP contribution in [0.3, 0.4) is 0 Å². The summed E-state index contributed by atoms with van der Waals surface area (Å²) in [6.07, 6.45) is 1.09. The summed E-state index contributed by atoms with van der Waals surface area (Å²) in [7, 11) is 0. The number of rotatable bonds is 3. The first-order chi connectivity index (χ1) is 13.2. The van der Waals surface area contributed by atoms with Crippen LogP contribution in [-0.4, -0.2) is 25.8 Å². The second-order valence-electron chi connectivity index (χ2n) is 6.92. The number of hydroxylamine groups is 1. The Morgan fingerprint density at radius 1 is 1.46 bits per heavy atom. The van der Waals surface area contributed by atoms with Gasteiger partial charge in [0.15, 0.2) is 0 Å². The minimum atomic E-state index is -0.771. The molecule has 8 nitrogen and oxygen atoms in total. The summed E-state index contributed by atoms with van der Waals surface area (Å²) in [5, 5.41) is 12.0. The minimum Gasteiger partial charge on any atom is -0.333 e. The summed E-state index contributed by atoms with van der Waals surface area (Å²) in [5.41, 5.74) is 2.18. The number of nitriles is 1. The van der Waals surface area contributed by atoms with Gasteiger partial charge in [-0.3, -0.25) is 9.63 Å². The van der Waals surface area contributed by atoms with E-state index < -0.39 is 17.2 Å². The van der Waals surface area contributed by atoms with Gasteiger partial charge < -0.3 is 4.57 Å². The third-order valence-corrected chi connectivity index (χ3v) is 5.23. The zero-order chi connectivity index (χ0) is 20.6. The number of hydrogen-bond donors (Lipinski definition) is 1. The van der Waals surface area contributed by atoms with Crippen LogP contribution in [0, 0.1) is 11.3 Å². The number of amides is 1. The highest BCUT2D eigenvalue weighted by Crippen LogP contribution is 2.38. The van der Waals surface area contributed by atoms with Crippen LogP contribution in [0.5, 0.6) is 0 Å². The van der Waals surface area contributed by atoms with Crippen molar-refractivity contribution in [2.45, 2.75) is 39.8 Å². The predicted octanol–water partition coefficient (Wildman–Crippen LogP) is 3.76. The van der Waals surface area contributed by atoms with Gasteiger partial charge in [-0.25, -0.2) is 19.8 Å². The monoisotopic (exact) mass is 419 g/mol. The third kappa shape index (κ3) is 3.42. The van der Waals surface area contributed by atoms with Crippen LogP contribution in [0.2, 0.25) is 5.02 Å². The van der Waals surface area contributed by atoms with E-state index in [1.165, 1.54) is 11.3 Å². The van der Waals surface area contributed by atoms with Gasteiger partial charge in [0, 0.05) is 6.54 Å². The molecule has 0 fully saturated rings. The van der Waals surface area contributed by atoms with E-state index in [9.17, 15) is 14.9 Å². The van der Waals surface area contributed by atoms with E-state index >= 15 is 0 Å². The maximum absolute atomic E-state index is 13.1. The number of carbonyl (C=O) groups excluding carboxylic acids is 1. The molecule has 0 unspecified atom stereocenters. The van der Waals surface area contributed by atoms with Crippen molar-refractivity contribution in [2.24, 2.45) is 0 Å². The van der Waals surface area contributed by atoms with Crippen LogP contribution in [-0.2, 0) is 11.4 Å². The van der Waals surface area contributed by atoms with Gasteiger partial charge in [0.05, 0.1) is 21.2 Å². The first-order valence-electron chi connectivity index (χ1n) is 8.45. The van der Waals surface area contributed by atoms with Gasteiger partial charge in [0.1, 0.15) is 29.0 Å². The van der Waals surface area contributed by atoms with Crippen molar-refractivity contribution in [2.75, 3.05) is 0 Å². The molecule has 28 heavy (non-hydrogen) atoms. The summed E-state index contributed by atoms with van der Waals surface area (Å²) >= 11 is 7.63.